The topological polar surface area (TPSA) is 86.7 Å². The van der Waals surface area contributed by atoms with Gasteiger partial charge in [0.05, 0.1) is 0 Å². The maximum atomic E-state index is 12.5. The minimum Gasteiger partial charge on any atom is -0.480 e. The van der Waals surface area contributed by atoms with E-state index in [1.54, 1.807) is 40.9 Å². The first-order valence-corrected chi connectivity index (χ1v) is 9.21. The summed E-state index contributed by atoms with van der Waals surface area (Å²) in [5, 5.41) is 12.2. The summed E-state index contributed by atoms with van der Waals surface area (Å²) in [6.07, 6.45) is 2.26. The van der Waals surface area contributed by atoms with E-state index in [0.29, 0.717) is 31.4 Å². The van der Waals surface area contributed by atoms with E-state index in [-0.39, 0.29) is 11.8 Å². The number of rotatable bonds is 4. The Kier molecular flexibility index (Phi) is 4.80. The molecule has 2 amide bonds. The molecule has 1 aromatic rings. The average Bonchev–Trinajstić information content (AvgIpc) is 3.02. The van der Waals surface area contributed by atoms with Crippen LogP contribution in [0.15, 0.2) is 24.3 Å². The summed E-state index contributed by atoms with van der Waals surface area (Å²) in [4.78, 5) is 37.6. The van der Waals surface area contributed by atoms with E-state index in [1.807, 2.05) is 0 Å². The highest BCUT2D eigenvalue weighted by molar-refractivity contribution is 7.99. The number of hydrogen-bond acceptors (Lipinski definition) is 4. The number of thioether (sulfide) groups is 1. The number of amides is 2. The van der Waals surface area contributed by atoms with E-state index in [9.17, 15) is 19.5 Å². The summed E-state index contributed by atoms with van der Waals surface area (Å²) >= 11 is 1.70. The minimum atomic E-state index is -1.17. The summed E-state index contributed by atoms with van der Waals surface area (Å²) in [6, 6.07) is 6.76. The molecule has 7 heteroatoms. The second kappa shape index (κ2) is 6.84. The summed E-state index contributed by atoms with van der Waals surface area (Å²) in [6.45, 7) is 0.699. The van der Waals surface area contributed by atoms with Crippen molar-refractivity contribution in [1.29, 1.82) is 0 Å². The van der Waals surface area contributed by atoms with Crippen molar-refractivity contribution in [2.45, 2.75) is 31.2 Å². The SMILES string of the molecule is O=C(NC1(C(=O)O)CCSCC1)c1ccc(N2CCCC2=O)cc1. The van der Waals surface area contributed by atoms with Crippen molar-refractivity contribution in [3.63, 3.8) is 0 Å². The van der Waals surface area contributed by atoms with Gasteiger partial charge in [0.1, 0.15) is 5.54 Å². The van der Waals surface area contributed by atoms with E-state index >= 15 is 0 Å². The Morgan fingerprint density at radius 3 is 2.38 bits per heavy atom. The molecule has 0 atom stereocenters. The number of nitrogens with zero attached hydrogens (tertiary/aromatic N) is 1. The van der Waals surface area contributed by atoms with Crippen molar-refractivity contribution in [2.24, 2.45) is 0 Å². The van der Waals surface area contributed by atoms with E-state index in [0.717, 1.165) is 23.6 Å². The van der Waals surface area contributed by atoms with Gasteiger partial charge in [-0.05, 0) is 55.0 Å². The molecule has 2 aliphatic heterocycles. The number of anilines is 1. The molecule has 2 saturated heterocycles. The molecule has 0 aromatic heterocycles. The van der Waals surface area contributed by atoms with Crippen LogP contribution >= 0.6 is 11.8 Å². The smallest absolute Gasteiger partial charge is 0.329 e. The van der Waals surface area contributed by atoms with Crippen molar-refractivity contribution < 1.29 is 19.5 Å². The highest BCUT2D eigenvalue weighted by atomic mass is 32.2. The Balaban J connectivity index is 1.72. The number of nitrogens with one attached hydrogen (secondary N) is 1. The first kappa shape index (κ1) is 16.8. The summed E-state index contributed by atoms with van der Waals surface area (Å²) in [7, 11) is 0. The molecule has 24 heavy (non-hydrogen) atoms. The first-order valence-electron chi connectivity index (χ1n) is 8.06. The zero-order valence-electron chi connectivity index (χ0n) is 13.3. The third kappa shape index (κ3) is 3.26. The third-order valence-corrected chi connectivity index (χ3v) is 5.61. The number of aliphatic carboxylic acids is 1. The van der Waals surface area contributed by atoms with Crippen LogP contribution in [0.2, 0.25) is 0 Å². The van der Waals surface area contributed by atoms with E-state index in [1.165, 1.54) is 0 Å². The van der Waals surface area contributed by atoms with Crippen molar-refractivity contribution in [3.8, 4) is 0 Å². The summed E-state index contributed by atoms with van der Waals surface area (Å²) in [5.41, 5.74) is 0.00616. The molecule has 2 heterocycles. The van der Waals surface area contributed by atoms with Gasteiger partial charge < -0.3 is 15.3 Å². The lowest BCUT2D eigenvalue weighted by molar-refractivity contribution is -0.144. The van der Waals surface area contributed by atoms with Crippen LogP contribution in [0, 0.1) is 0 Å². The summed E-state index contributed by atoms with van der Waals surface area (Å²) in [5.74, 6) is 0.182. The van der Waals surface area contributed by atoms with Crippen LogP contribution in [0.1, 0.15) is 36.0 Å². The fraction of sp³-hybridized carbons (Fsp3) is 0.471. The second-order valence-corrected chi connectivity index (χ2v) is 7.37. The first-order chi connectivity index (χ1) is 11.5. The highest BCUT2D eigenvalue weighted by Crippen LogP contribution is 2.28. The molecule has 2 fully saturated rings. The molecule has 2 N–H and O–H groups in total. The van der Waals surface area contributed by atoms with Gasteiger partial charge in [0.25, 0.3) is 5.91 Å². The molecule has 0 radical (unpaired) electrons. The maximum Gasteiger partial charge on any atom is 0.329 e. The zero-order chi connectivity index (χ0) is 17.2. The molecule has 2 aliphatic rings. The van der Waals surface area contributed by atoms with E-state index in [4.69, 9.17) is 0 Å². The van der Waals surface area contributed by atoms with Crippen molar-refractivity contribution >= 4 is 35.2 Å². The maximum absolute atomic E-state index is 12.5. The van der Waals surface area contributed by atoms with Crippen molar-refractivity contribution in [3.05, 3.63) is 29.8 Å². The molecule has 3 rings (SSSR count). The van der Waals surface area contributed by atoms with Crippen LogP contribution in [-0.2, 0) is 9.59 Å². The molecule has 128 valence electrons. The Labute approximate surface area is 144 Å². The summed E-state index contributed by atoms with van der Waals surface area (Å²) < 4.78 is 0. The van der Waals surface area contributed by atoms with Gasteiger partial charge in [-0.1, -0.05) is 0 Å². The molecule has 0 saturated carbocycles. The van der Waals surface area contributed by atoms with Crippen LogP contribution in [0.4, 0.5) is 5.69 Å². The number of carboxylic acid groups (broad SMARTS) is 1. The standard InChI is InChI=1S/C17H20N2O4S/c20-14-2-1-9-19(14)13-5-3-12(4-6-13)15(21)18-17(16(22)23)7-10-24-11-8-17/h3-6H,1-2,7-11H2,(H,18,21)(H,22,23). The normalized spacial score (nSPS) is 20.0. The number of carbonyl (C=O) groups excluding carboxylic acids is 2. The zero-order valence-corrected chi connectivity index (χ0v) is 14.1. The number of benzene rings is 1. The lowest BCUT2D eigenvalue weighted by Crippen LogP contribution is -2.56. The predicted molar refractivity (Wildman–Crippen MR) is 92.4 cm³/mol. The Morgan fingerprint density at radius 1 is 1.17 bits per heavy atom. The van der Waals surface area contributed by atoms with Gasteiger partial charge in [0.2, 0.25) is 5.91 Å². The van der Waals surface area contributed by atoms with Gasteiger partial charge >= 0.3 is 5.97 Å². The molecule has 1 aromatic carbocycles. The van der Waals surface area contributed by atoms with Gasteiger partial charge in [-0.2, -0.15) is 11.8 Å². The van der Waals surface area contributed by atoms with Gasteiger partial charge in [-0.15, -0.1) is 0 Å². The van der Waals surface area contributed by atoms with Crippen LogP contribution in [0.5, 0.6) is 0 Å². The Hall–Kier alpha value is -2.02. The number of carboxylic acids is 1. The lowest BCUT2D eigenvalue weighted by Gasteiger charge is -2.33. The second-order valence-electron chi connectivity index (χ2n) is 6.15. The monoisotopic (exact) mass is 348 g/mol. The Morgan fingerprint density at radius 2 is 1.83 bits per heavy atom. The van der Waals surface area contributed by atoms with Crippen LogP contribution in [-0.4, -0.2) is 46.5 Å². The molecule has 0 aliphatic carbocycles. The molecular formula is C17H20N2O4S. The van der Waals surface area contributed by atoms with E-state index in [2.05, 4.69) is 5.32 Å². The molecule has 6 nitrogen and oxygen atoms in total. The molecule has 0 bridgehead atoms. The van der Waals surface area contributed by atoms with Gasteiger partial charge in [-0.3, -0.25) is 9.59 Å². The minimum absolute atomic E-state index is 0.0942. The quantitative estimate of drug-likeness (QED) is 0.868. The van der Waals surface area contributed by atoms with Gasteiger partial charge in [-0.25, -0.2) is 4.79 Å². The number of hydrogen-bond donors (Lipinski definition) is 2. The number of carbonyl (C=O) groups is 3. The fourth-order valence-electron chi connectivity index (χ4n) is 3.12. The van der Waals surface area contributed by atoms with Crippen LogP contribution in [0.3, 0.4) is 0 Å². The van der Waals surface area contributed by atoms with Crippen LogP contribution in [0.25, 0.3) is 0 Å². The lowest BCUT2D eigenvalue weighted by atomic mass is 9.92. The molecule has 0 unspecified atom stereocenters. The molecular weight excluding hydrogens is 328 g/mol. The largest absolute Gasteiger partial charge is 0.480 e. The average molecular weight is 348 g/mol. The third-order valence-electron chi connectivity index (χ3n) is 4.62. The Bertz CT molecular complexity index is 653. The predicted octanol–water partition coefficient (Wildman–Crippen LogP) is 1.89. The van der Waals surface area contributed by atoms with E-state index < -0.39 is 11.5 Å². The highest BCUT2D eigenvalue weighted by Gasteiger charge is 2.41. The van der Waals surface area contributed by atoms with Crippen LogP contribution < -0.4 is 10.2 Å². The van der Waals surface area contributed by atoms with Crippen molar-refractivity contribution in [2.75, 3.05) is 23.0 Å². The van der Waals surface area contributed by atoms with Gasteiger partial charge in [0, 0.05) is 24.2 Å². The molecule has 0 spiro atoms. The van der Waals surface area contributed by atoms with Gasteiger partial charge in [0.15, 0.2) is 0 Å². The van der Waals surface area contributed by atoms with Crippen molar-refractivity contribution in [1.82, 2.24) is 5.32 Å². The fourth-order valence-corrected chi connectivity index (χ4v) is 4.31.